The molecule has 5 nitrogen and oxygen atoms in total. The van der Waals surface area contributed by atoms with Crippen LogP contribution >= 0.6 is 0 Å². The topological polar surface area (TPSA) is 52.8 Å². The molecule has 0 radical (unpaired) electrons. The Balaban J connectivity index is 2.15. The molecular weight excluding hydrogens is 240 g/mol. The number of nitrogens with zero attached hydrogens (tertiary/aromatic N) is 2. The molecule has 1 aromatic heterocycles. The van der Waals surface area contributed by atoms with Gasteiger partial charge in [-0.2, -0.15) is 0 Å². The van der Waals surface area contributed by atoms with Crippen LogP contribution in [0.5, 0.6) is 0 Å². The van der Waals surface area contributed by atoms with Gasteiger partial charge in [0.1, 0.15) is 5.76 Å². The lowest BCUT2D eigenvalue weighted by molar-refractivity contribution is 0.271. The number of guanidine groups is 1. The molecule has 19 heavy (non-hydrogen) atoms. The molecule has 0 atom stereocenters. The van der Waals surface area contributed by atoms with Crippen LogP contribution in [0.1, 0.15) is 26.0 Å². The van der Waals surface area contributed by atoms with Crippen molar-refractivity contribution < 1.29 is 4.42 Å². The number of hydrogen-bond acceptors (Lipinski definition) is 3. The summed E-state index contributed by atoms with van der Waals surface area (Å²) in [6.07, 6.45) is 2.77. The average molecular weight is 266 g/mol. The molecule has 0 unspecified atom stereocenters. The minimum Gasteiger partial charge on any atom is -0.467 e. The quantitative estimate of drug-likeness (QED) is 0.448. The molecule has 0 aromatic carbocycles. The van der Waals surface area contributed by atoms with Gasteiger partial charge in [0.25, 0.3) is 0 Å². The van der Waals surface area contributed by atoms with E-state index in [4.69, 9.17) is 4.42 Å². The fourth-order valence-corrected chi connectivity index (χ4v) is 1.60. The van der Waals surface area contributed by atoms with Crippen molar-refractivity contribution >= 4 is 5.96 Å². The van der Waals surface area contributed by atoms with Crippen molar-refractivity contribution in [2.45, 2.75) is 32.9 Å². The molecule has 1 rings (SSSR count). The normalized spacial score (nSPS) is 12.2. The molecule has 0 fully saturated rings. The molecule has 5 heteroatoms. The van der Waals surface area contributed by atoms with E-state index in [0.717, 1.165) is 31.2 Å². The van der Waals surface area contributed by atoms with Gasteiger partial charge in [-0.15, -0.1) is 0 Å². The molecule has 0 amide bonds. The summed E-state index contributed by atoms with van der Waals surface area (Å²) in [6, 6.07) is 4.42. The van der Waals surface area contributed by atoms with Crippen LogP contribution in [-0.4, -0.2) is 44.1 Å². The van der Waals surface area contributed by atoms with Crippen molar-refractivity contribution in [2.75, 3.05) is 27.2 Å². The van der Waals surface area contributed by atoms with Gasteiger partial charge in [-0.1, -0.05) is 0 Å². The summed E-state index contributed by atoms with van der Waals surface area (Å²) in [5.41, 5.74) is 0. The first-order chi connectivity index (χ1) is 9.13. The summed E-state index contributed by atoms with van der Waals surface area (Å²) in [6.45, 7) is 7.06. The van der Waals surface area contributed by atoms with Crippen LogP contribution in [0, 0.1) is 0 Å². The maximum atomic E-state index is 5.26. The molecule has 0 aliphatic rings. The zero-order valence-electron chi connectivity index (χ0n) is 12.4. The summed E-state index contributed by atoms with van der Waals surface area (Å²) >= 11 is 0. The molecule has 1 heterocycles. The molecule has 1 aromatic rings. The Morgan fingerprint density at radius 2 is 2.21 bits per heavy atom. The van der Waals surface area contributed by atoms with Gasteiger partial charge in [0.05, 0.1) is 12.8 Å². The SMILES string of the molecule is CN=C(NCCCN(C)C(C)C)NCc1ccco1. The molecule has 108 valence electrons. The molecule has 0 aliphatic carbocycles. The van der Waals surface area contributed by atoms with E-state index in [1.165, 1.54) is 0 Å². The fraction of sp³-hybridized carbons (Fsp3) is 0.643. The summed E-state index contributed by atoms with van der Waals surface area (Å²) < 4.78 is 5.26. The van der Waals surface area contributed by atoms with Crippen LogP contribution in [0.2, 0.25) is 0 Å². The second-order valence-electron chi connectivity index (χ2n) is 4.86. The number of hydrogen-bond donors (Lipinski definition) is 2. The van der Waals surface area contributed by atoms with Crippen molar-refractivity contribution in [2.24, 2.45) is 4.99 Å². The maximum absolute atomic E-state index is 5.26. The Bertz CT molecular complexity index is 360. The molecule has 0 saturated carbocycles. The van der Waals surface area contributed by atoms with E-state index in [2.05, 4.69) is 41.4 Å². The van der Waals surface area contributed by atoms with E-state index in [1.807, 2.05) is 12.1 Å². The smallest absolute Gasteiger partial charge is 0.191 e. The van der Waals surface area contributed by atoms with E-state index in [1.54, 1.807) is 13.3 Å². The number of aliphatic imine (C=N–C) groups is 1. The van der Waals surface area contributed by atoms with Gasteiger partial charge < -0.3 is 20.0 Å². The van der Waals surface area contributed by atoms with Crippen LogP contribution in [0.3, 0.4) is 0 Å². The largest absolute Gasteiger partial charge is 0.467 e. The molecule has 2 N–H and O–H groups in total. The van der Waals surface area contributed by atoms with Gasteiger partial charge in [0.15, 0.2) is 5.96 Å². The molecule has 0 aliphatic heterocycles. The van der Waals surface area contributed by atoms with Crippen molar-refractivity contribution in [1.82, 2.24) is 15.5 Å². The van der Waals surface area contributed by atoms with Crippen LogP contribution in [0.4, 0.5) is 0 Å². The van der Waals surface area contributed by atoms with Gasteiger partial charge in [-0.05, 0) is 46.0 Å². The van der Waals surface area contributed by atoms with Crippen LogP contribution in [0.15, 0.2) is 27.8 Å². The van der Waals surface area contributed by atoms with Crippen molar-refractivity contribution in [1.29, 1.82) is 0 Å². The summed E-state index contributed by atoms with van der Waals surface area (Å²) in [4.78, 5) is 6.51. The van der Waals surface area contributed by atoms with Crippen molar-refractivity contribution in [3.05, 3.63) is 24.2 Å². The molecular formula is C14H26N4O. The minimum absolute atomic E-state index is 0.594. The lowest BCUT2D eigenvalue weighted by atomic mass is 10.3. The number of furan rings is 1. The van der Waals surface area contributed by atoms with Gasteiger partial charge in [-0.25, -0.2) is 0 Å². The number of nitrogens with one attached hydrogen (secondary N) is 2. The molecule has 0 bridgehead atoms. The van der Waals surface area contributed by atoms with E-state index in [9.17, 15) is 0 Å². The molecule has 0 saturated heterocycles. The Hall–Kier alpha value is -1.49. The van der Waals surface area contributed by atoms with Crippen molar-refractivity contribution in [3.63, 3.8) is 0 Å². The number of rotatable bonds is 7. The summed E-state index contributed by atoms with van der Waals surface area (Å²) in [5.74, 6) is 1.71. The lowest BCUT2D eigenvalue weighted by Gasteiger charge is -2.21. The first-order valence-electron chi connectivity index (χ1n) is 6.80. The maximum Gasteiger partial charge on any atom is 0.191 e. The standard InChI is InChI=1S/C14H26N4O/c1-12(2)18(4)9-6-8-16-14(15-3)17-11-13-7-5-10-19-13/h5,7,10,12H,6,8-9,11H2,1-4H3,(H2,15,16,17). The van der Waals surface area contributed by atoms with Gasteiger partial charge in [0.2, 0.25) is 0 Å². The predicted molar refractivity (Wildman–Crippen MR) is 79.3 cm³/mol. The average Bonchev–Trinajstić information content (AvgIpc) is 2.90. The van der Waals surface area contributed by atoms with Crippen LogP contribution < -0.4 is 10.6 Å². The highest BCUT2D eigenvalue weighted by atomic mass is 16.3. The van der Waals surface area contributed by atoms with Crippen LogP contribution in [-0.2, 0) is 6.54 Å². The van der Waals surface area contributed by atoms with E-state index in [0.29, 0.717) is 12.6 Å². The molecule has 0 spiro atoms. The zero-order chi connectivity index (χ0) is 14.1. The Labute approximate surface area is 116 Å². The summed E-state index contributed by atoms with van der Waals surface area (Å²) in [7, 11) is 3.92. The van der Waals surface area contributed by atoms with Crippen LogP contribution in [0.25, 0.3) is 0 Å². The third kappa shape index (κ3) is 6.29. The zero-order valence-corrected chi connectivity index (χ0v) is 12.4. The predicted octanol–water partition coefficient (Wildman–Crippen LogP) is 1.67. The third-order valence-corrected chi connectivity index (χ3v) is 3.10. The van der Waals surface area contributed by atoms with Gasteiger partial charge in [0, 0.05) is 19.6 Å². The highest BCUT2D eigenvalue weighted by Crippen LogP contribution is 1.98. The van der Waals surface area contributed by atoms with E-state index < -0.39 is 0 Å². The first-order valence-corrected chi connectivity index (χ1v) is 6.80. The lowest BCUT2D eigenvalue weighted by Crippen LogP contribution is -2.38. The van der Waals surface area contributed by atoms with E-state index >= 15 is 0 Å². The second-order valence-corrected chi connectivity index (χ2v) is 4.86. The highest BCUT2D eigenvalue weighted by Gasteiger charge is 2.03. The second kappa shape index (κ2) is 8.58. The van der Waals surface area contributed by atoms with Gasteiger partial charge in [-0.3, -0.25) is 4.99 Å². The van der Waals surface area contributed by atoms with Gasteiger partial charge >= 0.3 is 0 Å². The Kier molecular flexibility index (Phi) is 7.03. The highest BCUT2D eigenvalue weighted by molar-refractivity contribution is 5.79. The third-order valence-electron chi connectivity index (χ3n) is 3.10. The Morgan fingerprint density at radius 1 is 1.42 bits per heavy atom. The monoisotopic (exact) mass is 266 g/mol. The first kappa shape index (κ1) is 15.6. The van der Waals surface area contributed by atoms with Crippen molar-refractivity contribution in [3.8, 4) is 0 Å². The Morgan fingerprint density at radius 3 is 2.79 bits per heavy atom. The summed E-state index contributed by atoms with van der Waals surface area (Å²) in [5, 5.41) is 6.51. The fourth-order valence-electron chi connectivity index (χ4n) is 1.60. The van der Waals surface area contributed by atoms with E-state index in [-0.39, 0.29) is 0 Å². The minimum atomic E-state index is 0.594.